The predicted molar refractivity (Wildman–Crippen MR) is 90.6 cm³/mol. The normalized spacial score (nSPS) is 13.4. The van der Waals surface area contributed by atoms with E-state index in [2.05, 4.69) is 35.7 Å². The van der Waals surface area contributed by atoms with Crippen molar-refractivity contribution >= 4 is 34.7 Å². The number of rotatable bonds is 4. The smallest absolute Gasteiger partial charge is 0.0857 e. The fourth-order valence-electron chi connectivity index (χ4n) is 2.20. The first-order chi connectivity index (χ1) is 9.84. The van der Waals surface area contributed by atoms with Gasteiger partial charge in [-0.05, 0) is 36.6 Å². The lowest BCUT2D eigenvalue weighted by Gasteiger charge is -2.22. The molecule has 0 aliphatic rings. The molecule has 0 spiro atoms. The third-order valence-electron chi connectivity index (χ3n) is 3.34. The molecule has 1 atom stereocenters. The van der Waals surface area contributed by atoms with E-state index >= 15 is 0 Å². The molecule has 3 nitrogen and oxygen atoms in total. The number of likely N-dealkylation sites (N-methyl/N-ethyl adjacent to an activating group) is 1. The zero-order valence-corrected chi connectivity index (χ0v) is 14.9. The molecular weight excluding hydrogens is 325 g/mol. The molecule has 2 rings (SSSR count). The third kappa shape index (κ3) is 3.75. The number of benzene rings is 1. The maximum Gasteiger partial charge on any atom is 0.0857 e. The van der Waals surface area contributed by atoms with Crippen LogP contribution in [0.2, 0.25) is 10.0 Å². The highest BCUT2D eigenvalue weighted by Gasteiger charge is 2.27. The van der Waals surface area contributed by atoms with Crippen molar-refractivity contribution in [3.8, 4) is 0 Å². The summed E-state index contributed by atoms with van der Waals surface area (Å²) in [7, 11) is 1.94. The predicted octanol–water partition coefficient (Wildman–Crippen LogP) is 4.65. The van der Waals surface area contributed by atoms with Crippen LogP contribution in [0.5, 0.6) is 0 Å². The first-order valence-electron chi connectivity index (χ1n) is 6.77. The van der Waals surface area contributed by atoms with Crippen molar-refractivity contribution in [2.45, 2.75) is 38.6 Å². The molecule has 0 bridgehead atoms. The van der Waals surface area contributed by atoms with Crippen molar-refractivity contribution in [3.63, 3.8) is 0 Å². The fourth-order valence-corrected chi connectivity index (χ4v) is 3.57. The lowest BCUT2D eigenvalue weighted by atomic mass is 9.89. The molecule has 0 aliphatic heterocycles. The molecule has 0 radical (unpaired) electrons. The topological polar surface area (TPSA) is 37.8 Å². The van der Waals surface area contributed by atoms with Crippen LogP contribution in [-0.2, 0) is 11.8 Å². The summed E-state index contributed by atoms with van der Waals surface area (Å²) in [5, 5.41) is 8.85. The Kier molecular flexibility index (Phi) is 5.25. The minimum Gasteiger partial charge on any atom is -0.312 e. The summed E-state index contributed by atoms with van der Waals surface area (Å²) in [4.78, 5) is 1.15. The van der Waals surface area contributed by atoms with Gasteiger partial charge in [0, 0.05) is 11.5 Å². The molecule has 0 aliphatic carbocycles. The van der Waals surface area contributed by atoms with Crippen LogP contribution in [0, 0.1) is 0 Å². The van der Waals surface area contributed by atoms with Crippen LogP contribution in [0.4, 0.5) is 0 Å². The Labute approximate surface area is 139 Å². The van der Waals surface area contributed by atoms with Gasteiger partial charge < -0.3 is 5.32 Å². The third-order valence-corrected chi connectivity index (χ3v) is 5.04. The standard InChI is InChI=1S/C15H19Cl2N3S/c1-15(2,3)14-13(21-20-19-14)11(18-4)8-9-6-5-7-10(16)12(9)17/h5-7,11,18H,8H2,1-4H3. The summed E-state index contributed by atoms with van der Waals surface area (Å²) >= 11 is 13.8. The van der Waals surface area contributed by atoms with E-state index < -0.39 is 0 Å². The molecule has 1 heterocycles. The van der Waals surface area contributed by atoms with Crippen molar-refractivity contribution in [1.82, 2.24) is 14.9 Å². The molecule has 1 aromatic carbocycles. The minimum atomic E-state index is -0.0322. The van der Waals surface area contributed by atoms with Crippen LogP contribution in [0.1, 0.15) is 42.9 Å². The highest BCUT2D eigenvalue weighted by atomic mass is 35.5. The summed E-state index contributed by atoms with van der Waals surface area (Å²) in [5.74, 6) is 0. The summed E-state index contributed by atoms with van der Waals surface area (Å²) < 4.78 is 4.13. The second-order valence-corrected chi connectivity index (χ2v) is 7.56. The van der Waals surface area contributed by atoms with Gasteiger partial charge in [-0.15, -0.1) is 5.10 Å². The highest BCUT2D eigenvalue weighted by molar-refractivity contribution is 7.05. The van der Waals surface area contributed by atoms with E-state index in [-0.39, 0.29) is 11.5 Å². The SMILES string of the molecule is CNC(Cc1cccc(Cl)c1Cl)c1snnc1C(C)(C)C. The second kappa shape index (κ2) is 6.61. The van der Waals surface area contributed by atoms with E-state index in [0.29, 0.717) is 10.0 Å². The second-order valence-electron chi connectivity index (χ2n) is 5.99. The van der Waals surface area contributed by atoms with Gasteiger partial charge in [0.2, 0.25) is 0 Å². The van der Waals surface area contributed by atoms with E-state index in [1.807, 2.05) is 19.2 Å². The van der Waals surface area contributed by atoms with E-state index in [0.717, 1.165) is 22.6 Å². The molecule has 0 amide bonds. The average Bonchev–Trinajstić information content (AvgIpc) is 2.89. The number of nitrogens with zero attached hydrogens (tertiary/aromatic N) is 2. The molecule has 2 aromatic rings. The molecule has 1 N–H and O–H groups in total. The van der Waals surface area contributed by atoms with Crippen LogP contribution in [0.25, 0.3) is 0 Å². The fraction of sp³-hybridized carbons (Fsp3) is 0.467. The Hall–Kier alpha value is -0.680. The van der Waals surface area contributed by atoms with Crippen molar-refractivity contribution < 1.29 is 0 Å². The number of aromatic nitrogens is 2. The van der Waals surface area contributed by atoms with Gasteiger partial charge in [-0.3, -0.25) is 0 Å². The van der Waals surface area contributed by atoms with Crippen molar-refractivity contribution in [3.05, 3.63) is 44.4 Å². The monoisotopic (exact) mass is 343 g/mol. The van der Waals surface area contributed by atoms with Gasteiger partial charge in [0.25, 0.3) is 0 Å². The maximum absolute atomic E-state index is 6.30. The molecule has 0 saturated carbocycles. The Morgan fingerprint density at radius 1 is 1.29 bits per heavy atom. The van der Waals surface area contributed by atoms with E-state index in [9.17, 15) is 0 Å². The van der Waals surface area contributed by atoms with Crippen LogP contribution in [-0.4, -0.2) is 16.6 Å². The van der Waals surface area contributed by atoms with Crippen molar-refractivity contribution in [2.24, 2.45) is 0 Å². The molecule has 1 aromatic heterocycles. The zero-order chi connectivity index (χ0) is 15.6. The van der Waals surface area contributed by atoms with Gasteiger partial charge in [-0.2, -0.15) is 0 Å². The number of hydrogen-bond acceptors (Lipinski definition) is 4. The number of hydrogen-bond donors (Lipinski definition) is 1. The first kappa shape index (κ1) is 16.7. The quantitative estimate of drug-likeness (QED) is 0.878. The van der Waals surface area contributed by atoms with Gasteiger partial charge in [0.1, 0.15) is 0 Å². The Morgan fingerprint density at radius 2 is 2.00 bits per heavy atom. The van der Waals surface area contributed by atoms with Gasteiger partial charge >= 0.3 is 0 Å². The van der Waals surface area contributed by atoms with Gasteiger partial charge in [-0.25, -0.2) is 0 Å². The lowest BCUT2D eigenvalue weighted by Crippen LogP contribution is -2.23. The molecule has 114 valence electrons. The van der Waals surface area contributed by atoms with E-state index in [1.165, 1.54) is 11.5 Å². The summed E-state index contributed by atoms with van der Waals surface area (Å²) in [6, 6.07) is 5.85. The molecule has 6 heteroatoms. The maximum atomic E-state index is 6.30. The summed E-state index contributed by atoms with van der Waals surface area (Å²) in [6.07, 6.45) is 0.753. The van der Waals surface area contributed by atoms with Crippen LogP contribution in [0.3, 0.4) is 0 Å². The van der Waals surface area contributed by atoms with Gasteiger partial charge in [0.15, 0.2) is 0 Å². The minimum absolute atomic E-state index is 0.0322. The molecule has 21 heavy (non-hydrogen) atoms. The molecule has 0 fully saturated rings. The lowest BCUT2D eigenvalue weighted by molar-refractivity contribution is 0.530. The van der Waals surface area contributed by atoms with Crippen molar-refractivity contribution in [1.29, 1.82) is 0 Å². The Balaban J connectivity index is 2.33. The average molecular weight is 344 g/mol. The van der Waals surface area contributed by atoms with Crippen molar-refractivity contribution in [2.75, 3.05) is 7.05 Å². The summed E-state index contributed by atoms with van der Waals surface area (Å²) in [5.41, 5.74) is 2.03. The van der Waals surface area contributed by atoms with E-state index in [4.69, 9.17) is 23.2 Å². The number of halogens is 2. The first-order valence-corrected chi connectivity index (χ1v) is 8.30. The largest absolute Gasteiger partial charge is 0.312 e. The molecule has 0 saturated heterocycles. The zero-order valence-electron chi connectivity index (χ0n) is 12.6. The highest BCUT2D eigenvalue weighted by Crippen LogP contribution is 2.34. The molecular formula is C15H19Cl2N3S. The van der Waals surface area contributed by atoms with Gasteiger partial charge in [0.05, 0.1) is 20.6 Å². The van der Waals surface area contributed by atoms with Gasteiger partial charge in [-0.1, -0.05) is 60.6 Å². The van der Waals surface area contributed by atoms with E-state index in [1.54, 1.807) is 6.07 Å². The van der Waals surface area contributed by atoms with Crippen LogP contribution >= 0.6 is 34.7 Å². The Bertz CT molecular complexity index is 620. The number of nitrogens with one attached hydrogen (secondary N) is 1. The van der Waals surface area contributed by atoms with Crippen LogP contribution < -0.4 is 5.32 Å². The summed E-state index contributed by atoms with van der Waals surface area (Å²) in [6.45, 7) is 6.44. The Morgan fingerprint density at radius 3 is 2.62 bits per heavy atom. The molecule has 1 unspecified atom stereocenters. The van der Waals surface area contributed by atoms with Crippen LogP contribution in [0.15, 0.2) is 18.2 Å².